The van der Waals surface area contributed by atoms with E-state index in [1.54, 1.807) is 57.2 Å². The SMILES string of the molecule is CC(C)(C)OC(=O)Nc1cccc(C(=O)OCC(=O)N2c3ccccc3NC(=O)C23CCCC3)c1. The molecule has 2 aliphatic rings. The van der Waals surface area contributed by atoms with Crippen LogP contribution in [0.2, 0.25) is 0 Å². The largest absolute Gasteiger partial charge is 0.452 e. The summed E-state index contributed by atoms with van der Waals surface area (Å²) in [5, 5.41) is 5.49. The zero-order chi connectivity index (χ0) is 25.2. The lowest BCUT2D eigenvalue weighted by Gasteiger charge is -2.44. The van der Waals surface area contributed by atoms with Crippen molar-refractivity contribution in [3.8, 4) is 0 Å². The van der Waals surface area contributed by atoms with E-state index in [4.69, 9.17) is 9.47 Å². The van der Waals surface area contributed by atoms with Crippen LogP contribution in [-0.4, -0.2) is 41.6 Å². The minimum atomic E-state index is -0.977. The van der Waals surface area contributed by atoms with Gasteiger partial charge in [-0.15, -0.1) is 0 Å². The maximum absolute atomic E-state index is 13.3. The zero-order valence-corrected chi connectivity index (χ0v) is 20.1. The highest BCUT2D eigenvalue weighted by Gasteiger charge is 2.52. The Balaban J connectivity index is 1.47. The molecule has 184 valence electrons. The summed E-state index contributed by atoms with van der Waals surface area (Å²) in [5.74, 6) is -1.40. The summed E-state index contributed by atoms with van der Waals surface area (Å²) in [7, 11) is 0. The third kappa shape index (κ3) is 5.13. The highest BCUT2D eigenvalue weighted by molar-refractivity contribution is 6.15. The second-order valence-corrected chi connectivity index (χ2v) is 9.72. The lowest BCUT2D eigenvalue weighted by Crippen LogP contribution is -2.61. The van der Waals surface area contributed by atoms with Crippen molar-refractivity contribution in [2.75, 3.05) is 22.1 Å². The molecule has 1 aliphatic heterocycles. The standard InChI is InChI=1S/C26H29N3O6/c1-25(2,3)35-24(33)27-18-10-8-9-17(15-18)22(31)34-16-21(30)29-20-12-5-4-11-19(20)28-23(32)26(29)13-6-7-14-26/h4-5,8-12,15H,6-7,13-14,16H2,1-3H3,(H,27,33)(H,28,32). The van der Waals surface area contributed by atoms with Crippen LogP contribution >= 0.6 is 0 Å². The van der Waals surface area contributed by atoms with Crippen molar-refractivity contribution in [3.63, 3.8) is 0 Å². The zero-order valence-electron chi connectivity index (χ0n) is 20.1. The predicted molar refractivity (Wildman–Crippen MR) is 130 cm³/mol. The van der Waals surface area contributed by atoms with Gasteiger partial charge >= 0.3 is 12.1 Å². The Labute approximate surface area is 203 Å². The Morgan fingerprint density at radius 1 is 1.06 bits per heavy atom. The average molecular weight is 480 g/mol. The molecule has 2 aromatic carbocycles. The predicted octanol–water partition coefficient (Wildman–Crippen LogP) is 4.49. The summed E-state index contributed by atoms with van der Waals surface area (Å²) in [5.41, 5.74) is 0.0241. The van der Waals surface area contributed by atoms with Crippen molar-refractivity contribution in [3.05, 3.63) is 54.1 Å². The van der Waals surface area contributed by atoms with E-state index in [0.29, 0.717) is 29.9 Å². The number of carbonyl (C=O) groups is 4. The van der Waals surface area contributed by atoms with Crippen LogP contribution in [0.15, 0.2) is 48.5 Å². The van der Waals surface area contributed by atoms with Crippen LogP contribution in [0.25, 0.3) is 0 Å². The van der Waals surface area contributed by atoms with Crippen molar-refractivity contribution in [1.82, 2.24) is 0 Å². The molecule has 1 fully saturated rings. The second-order valence-electron chi connectivity index (χ2n) is 9.72. The number of esters is 1. The Kier molecular flexibility index (Phi) is 6.51. The molecule has 0 unspecified atom stereocenters. The lowest BCUT2D eigenvalue weighted by atomic mass is 9.90. The number of nitrogens with one attached hydrogen (secondary N) is 2. The number of ether oxygens (including phenoxy) is 2. The van der Waals surface area contributed by atoms with E-state index in [9.17, 15) is 19.2 Å². The Morgan fingerprint density at radius 3 is 2.49 bits per heavy atom. The molecule has 0 bridgehead atoms. The van der Waals surface area contributed by atoms with Gasteiger partial charge in [-0.1, -0.05) is 31.0 Å². The quantitative estimate of drug-likeness (QED) is 0.625. The minimum Gasteiger partial charge on any atom is -0.452 e. The van der Waals surface area contributed by atoms with Crippen molar-refractivity contribution < 1.29 is 28.7 Å². The fraction of sp³-hybridized carbons (Fsp3) is 0.385. The van der Waals surface area contributed by atoms with E-state index in [1.807, 2.05) is 0 Å². The monoisotopic (exact) mass is 479 g/mol. The van der Waals surface area contributed by atoms with Gasteiger partial charge in [-0.25, -0.2) is 9.59 Å². The van der Waals surface area contributed by atoms with E-state index in [0.717, 1.165) is 12.8 Å². The molecule has 1 heterocycles. The number of para-hydroxylation sites is 2. The molecular weight excluding hydrogens is 450 g/mol. The fourth-order valence-electron chi connectivity index (χ4n) is 4.55. The first-order valence-corrected chi connectivity index (χ1v) is 11.6. The Bertz CT molecular complexity index is 1160. The van der Waals surface area contributed by atoms with Gasteiger partial charge in [0, 0.05) is 5.69 Å². The van der Waals surface area contributed by atoms with Gasteiger partial charge in [-0.3, -0.25) is 19.8 Å². The molecule has 4 rings (SSSR count). The van der Waals surface area contributed by atoms with E-state index in [-0.39, 0.29) is 11.5 Å². The van der Waals surface area contributed by atoms with Crippen molar-refractivity contribution in [1.29, 1.82) is 0 Å². The number of nitrogens with zero attached hydrogens (tertiary/aromatic N) is 1. The first kappa shape index (κ1) is 24.3. The molecule has 0 radical (unpaired) electrons. The Hall–Kier alpha value is -3.88. The van der Waals surface area contributed by atoms with E-state index >= 15 is 0 Å². The van der Waals surface area contributed by atoms with E-state index < -0.39 is 35.7 Å². The topological polar surface area (TPSA) is 114 Å². The first-order valence-electron chi connectivity index (χ1n) is 11.6. The van der Waals surface area contributed by atoms with Gasteiger partial charge in [0.15, 0.2) is 6.61 Å². The number of anilines is 3. The van der Waals surface area contributed by atoms with Gasteiger partial charge < -0.3 is 14.8 Å². The van der Waals surface area contributed by atoms with Crippen molar-refractivity contribution in [2.45, 2.75) is 57.6 Å². The van der Waals surface area contributed by atoms with Crippen LogP contribution in [0.4, 0.5) is 21.9 Å². The lowest BCUT2D eigenvalue weighted by molar-refractivity contribution is -0.129. The van der Waals surface area contributed by atoms with E-state index in [1.165, 1.54) is 17.0 Å². The number of hydrogen-bond donors (Lipinski definition) is 2. The van der Waals surface area contributed by atoms with Crippen LogP contribution in [0.1, 0.15) is 56.8 Å². The fourth-order valence-corrected chi connectivity index (χ4v) is 4.55. The summed E-state index contributed by atoms with van der Waals surface area (Å²) in [6, 6.07) is 13.3. The van der Waals surface area contributed by atoms with Crippen molar-refractivity contribution in [2.24, 2.45) is 0 Å². The number of hydrogen-bond acceptors (Lipinski definition) is 6. The molecule has 9 nitrogen and oxygen atoms in total. The van der Waals surface area contributed by atoms with Gasteiger partial charge in [0.25, 0.3) is 11.8 Å². The highest BCUT2D eigenvalue weighted by Crippen LogP contribution is 2.45. The van der Waals surface area contributed by atoms with Crippen LogP contribution in [-0.2, 0) is 19.1 Å². The molecule has 35 heavy (non-hydrogen) atoms. The number of benzene rings is 2. The summed E-state index contributed by atoms with van der Waals surface area (Å²) >= 11 is 0. The van der Waals surface area contributed by atoms with Gasteiger partial charge in [0.2, 0.25) is 0 Å². The van der Waals surface area contributed by atoms with Crippen LogP contribution < -0.4 is 15.5 Å². The third-order valence-corrected chi connectivity index (χ3v) is 5.99. The smallest absolute Gasteiger partial charge is 0.412 e. The third-order valence-electron chi connectivity index (χ3n) is 5.99. The number of rotatable bonds is 4. The molecule has 2 aromatic rings. The van der Waals surface area contributed by atoms with Gasteiger partial charge in [0.05, 0.1) is 16.9 Å². The van der Waals surface area contributed by atoms with Crippen LogP contribution in [0, 0.1) is 0 Å². The van der Waals surface area contributed by atoms with Gasteiger partial charge in [-0.05, 0) is 63.9 Å². The number of amides is 3. The van der Waals surface area contributed by atoms with E-state index in [2.05, 4.69) is 10.6 Å². The molecule has 9 heteroatoms. The molecule has 0 aromatic heterocycles. The highest BCUT2D eigenvalue weighted by atomic mass is 16.6. The molecule has 1 aliphatic carbocycles. The normalized spacial score (nSPS) is 16.3. The number of carbonyl (C=O) groups excluding carboxylic acids is 4. The average Bonchev–Trinajstić information content (AvgIpc) is 3.27. The van der Waals surface area contributed by atoms with Gasteiger partial charge in [0.1, 0.15) is 11.1 Å². The maximum atomic E-state index is 13.3. The molecule has 1 spiro atoms. The van der Waals surface area contributed by atoms with Crippen LogP contribution in [0.5, 0.6) is 0 Å². The molecule has 0 saturated heterocycles. The first-order chi connectivity index (χ1) is 16.6. The summed E-state index contributed by atoms with van der Waals surface area (Å²) < 4.78 is 10.6. The summed E-state index contributed by atoms with van der Waals surface area (Å²) in [6.45, 7) is 4.72. The molecule has 3 amide bonds. The molecule has 1 saturated carbocycles. The summed E-state index contributed by atoms with van der Waals surface area (Å²) in [4.78, 5) is 52.6. The molecule has 2 N–H and O–H groups in total. The Morgan fingerprint density at radius 2 is 1.77 bits per heavy atom. The number of fused-ring (bicyclic) bond motifs is 1. The maximum Gasteiger partial charge on any atom is 0.412 e. The molecule has 0 atom stereocenters. The summed E-state index contributed by atoms with van der Waals surface area (Å²) in [6.07, 6.45) is 2.10. The van der Waals surface area contributed by atoms with Gasteiger partial charge in [-0.2, -0.15) is 0 Å². The molecular formula is C26H29N3O6. The second kappa shape index (κ2) is 9.40. The minimum absolute atomic E-state index is 0.165. The van der Waals surface area contributed by atoms with Crippen LogP contribution in [0.3, 0.4) is 0 Å². The van der Waals surface area contributed by atoms with Crippen molar-refractivity contribution >= 4 is 40.9 Å².